The Balaban J connectivity index is 1.15. The smallest absolute Gasteiger partial charge is 0.131 e. The van der Waals surface area contributed by atoms with E-state index in [-0.39, 0.29) is 0 Å². The first-order valence-electron chi connectivity index (χ1n) is 19.8. The predicted molar refractivity (Wildman–Crippen MR) is 236 cm³/mol. The maximum Gasteiger partial charge on any atom is 0.131 e. The fourth-order valence-electron chi connectivity index (χ4n) is 9.83. The van der Waals surface area contributed by atoms with Gasteiger partial charge in [-0.15, -0.1) is 5.73 Å². The quantitative estimate of drug-likeness (QED) is 0.128. The minimum absolute atomic E-state index is 0.352. The van der Waals surface area contributed by atoms with Gasteiger partial charge in [-0.2, -0.15) is 0 Å². The summed E-state index contributed by atoms with van der Waals surface area (Å²) in [6.45, 7) is 2.33. The minimum atomic E-state index is 0.352. The molecule has 4 heteroatoms. The molecular weight excluding hydrogens is 681 g/mol. The van der Waals surface area contributed by atoms with Crippen LogP contribution in [0.3, 0.4) is 0 Å². The van der Waals surface area contributed by atoms with Gasteiger partial charge in [0.25, 0.3) is 0 Å². The number of nitrogens with zero attached hydrogens (tertiary/aromatic N) is 4. The largest absolute Gasteiger partial charge is 0.333 e. The Morgan fingerprint density at radius 1 is 0.500 bits per heavy atom. The van der Waals surface area contributed by atoms with E-state index in [0.717, 1.165) is 23.5 Å². The molecule has 56 heavy (non-hydrogen) atoms. The molecule has 0 fully saturated rings. The van der Waals surface area contributed by atoms with Gasteiger partial charge < -0.3 is 9.13 Å². The van der Waals surface area contributed by atoms with Crippen molar-refractivity contribution in [3.63, 3.8) is 0 Å². The summed E-state index contributed by atoms with van der Waals surface area (Å²) in [4.78, 5) is 0. The lowest BCUT2D eigenvalue weighted by atomic mass is 9.94. The van der Waals surface area contributed by atoms with E-state index < -0.39 is 0 Å². The van der Waals surface area contributed by atoms with Crippen molar-refractivity contribution in [1.29, 1.82) is 0 Å². The van der Waals surface area contributed by atoms with Crippen LogP contribution in [0.15, 0.2) is 182 Å². The molecule has 4 heterocycles. The Kier molecular flexibility index (Phi) is 6.72. The van der Waals surface area contributed by atoms with Crippen molar-refractivity contribution in [3.8, 4) is 11.4 Å². The summed E-state index contributed by atoms with van der Waals surface area (Å²) in [5, 5.41) is 8.83. The van der Waals surface area contributed by atoms with Gasteiger partial charge in [0.05, 0.1) is 33.8 Å². The van der Waals surface area contributed by atoms with Crippen LogP contribution in [0.2, 0.25) is 0 Å². The van der Waals surface area contributed by atoms with E-state index in [1.54, 1.807) is 0 Å². The minimum Gasteiger partial charge on any atom is -0.333 e. The SMILES string of the molecule is CC1C=CC(n2c3ccccc3c3cc(-n4c5ccccc5c5c6ccccc6n(-c6ccc7c(c6)c6ccccc6n7C6=CC=CC=C=C6)c54)ccc32)CC1. The Morgan fingerprint density at radius 2 is 1.04 bits per heavy atom. The van der Waals surface area contributed by atoms with Gasteiger partial charge in [-0.3, -0.25) is 9.13 Å². The van der Waals surface area contributed by atoms with Crippen LogP contribution in [-0.4, -0.2) is 18.3 Å². The lowest BCUT2D eigenvalue weighted by Gasteiger charge is -2.23. The molecule has 0 saturated carbocycles. The van der Waals surface area contributed by atoms with Gasteiger partial charge >= 0.3 is 0 Å². The van der Waals surface area contributed by atoms with Crippen molar-refractivity contribution < 1.29 is 0 Å². The van der Waals surface area contributed by atoms with Gasteiger partial charge in [0.15, 0.2) is 0 Å². The second-order valence-electron chi connectivity index (χ2n) is 15.5. The summed E-state index contributed by atoms with van der Waals surface area (Å²) < 4.78 is 9.94. The molecule has 10 aromatic rings. The van der Waals surface area contributed by atoms with Crippen molar-refractivity contribution in [1.82, 2.24) is 18.3 Å². The average molecular weight is 719 g/mol. The maximum atomic E-state index is 3.33. The highest BCUT2D eigenvalue weighted by molar-refractivity contribution is 6.23. The second-order valence-corrected chi connectivity index (χ2v) is 15.5. The van der Waals surface area contributed by atoms with E-state index in [4.69, 9.17) is 0 Å². The highest BCUT2D eigenvalue weighted by atomic mass is 15.1. The standard InChI is InChI=1S/C52H38N4/c1-34-24-26-36(27-25-34)54-46-21-11-7-17-40(46)44-33-38(29-31-50(44)54)56-48-23-13-9-19-42(48)51-41-18-8-12-22-47(41)55(52(51)56)37-28-30-49-43(32-37)39-16-6-10-20-45(39)53(49)35-14-4-2-3-5-15-35/h2-4,6-24,26,28-34,36H,25,27H2,1H3. The van der Waals surface area contributed by atoms with Gasteiger partial charge in [-0.1, -0.05) is 104 Å². The molecule has 0 radical (unpaired) electrons. The highest BCUT2D eigenvalue weighted by Crippen LogP contribution is 2.44. The van der Waals surface area contributed by atoms with Crippen LogP contribution < -0.4 is 0 Å². The highest BCUT2D eigenvalue weighted by Gasteiger charge is 2.25. The Labute approximate surface area is 324 Å². The number of rotatable bonds is 4. The molecule has 0 aliphatic heterocycles. The van der Waals surface area contributed by atoms with E-state index >= 15 is 0 Å². The molecule has 6 aromatic carbocycles. The summed E-state index contributed by atoms with van der Waals surface area (Å²) in [5.74, 6) is 0.632. The number of para-hydroxylation sites is 4. The molecule has 0 amide bonds. The first kappa shape index (κ1) is 31.4. The van der Waals surface area contributed by atoms with E-state index in [9.17, 15) is 0 Å². The first-order valence-corrected chi connectivity index (χ1v) is 19.8. The van der Waals surface area contributed by atoms with Crippen molar-refractivity contribution >= 4 is 82.1 Å². The number of aromatic nitrogens is 4. The van der Waals surface area contributed by atoms with Gasteiger partial charge in [0.1, 0.15) is 5.65 Å². The lowest BCUT2D eigenvalue weighted by molar-refractivity contribution is 0.479. The fraction of sp³-hybridized carbons (Fsp3) is 0.0962. The summed E-state index contributed by atoms with van der Waals surface area (Å²) in [5.41, 5.74) is 15.2. The number of hydrogen-bond acceptors (Lipinski definition) is 0. The number of benzene rings is 6. The molecule has 0 N–H and O–H groups in total. The van der Waals surface area contributed by atoms with Crippen molar-refractivity contribution in [2.75, 3.05) is 0 Å². The number of allylic oxidation sites excluding steroid dienone is 7. The van der Waals surface area contributed by atoms with Crippen LogP contribution in [0.1, 0.15) is 25.8 Å². The molecule has 2 unspecified atom stereocenters. The van der Waals surface area contributed by atoms with E-state index in [1.807, 2.05) is 12.2 Å². The molecule has 2 aliphatic rings. The maximum absolute atomic E-state index is 3.33. The molecule has 2 aliphatic carbocycles. The molecule has 0 spiro atoms. The van der Waals surface area contributed by atoms with Crippen LogP contribution >= 0.6 is 0 Å². The van der Waals surface area contributed by atoms with Crippen LogP contribution in [0.25, 0.3) is 93.5 Å². The second kappa shape index (κ2) is 12.0. The normalized spacial score (nSPS) is 17.1. The van der Waals surface area contributed by atoms with Crippen molar-refractivity contribution in [2.45, 2.75) is 25.8 Å². The van der Waals surface area contributed by atoms with E-state index in [2.05, 4.69) is 195 Å². The molecule has 4 aromatic heterocycles. The summed E-state index contributed by atoms with van der Waals surface area (Å²) >= 11 is 0. The topological polar surface area (TPSA) is 19.7 Å². The summed E-state index contributed by atoms with van der Waals surface area (Å²) in [6, 6.07) is 50.0. The van der Waals surface area contributed by atoms with Crippen LogP contribution in [0.4, 0.5) is 0 Å². The lowest BCUT2D eigenvalue weighted by Crippen LogP contribution is -2.11. The monoisotopic (exact) mass is 718 g/mol. The predicted octanol–water partition coefficient (Wildman–Crippen LogP) is 13.6. The third-order valence-electron chi connectivity index (χ3n) is 12.3. The summed E-state index contributed by atoms with van der Waals surface area (Å²) in [6.07, 6.45) is 17.5. The third-order valence-corrected chi connectivity index (χ3v) is 12.3. The van der Waals surface area contributed by atoms with Gasteiger partial charge in [-0.05, 0) is 91.6 Å². The van der Waals surface area contributed by atoms with Crippen LogP contribution in [0, 0.1) is 5.92 Å². The third kappa shape index (κ3) is 4.42. The van der Waals surface area contributed by atoms with Crippen molar-refractivity contribution in [2.24, 2.45) is 5.92 Å². The Hall–Kier alpha value is -7.00. The van der Waals surface area contributed by atoms with Crippen molar-refractivity contribution in [3.05, 3.63) is 182 Å². The zero-order valence-electron chi connectivity index (χ0n) is 31.1. The average Bonchev–Trinajstić information content (AvgIpc) is 3.89. The summed E-state index contributed by atoms with van der Waals surface area (Å²) in [7, 11) is 0. The number of hydrogen-bond donors (Lipinski definition) is 0. The van der Waals surface area contributed by atoms with E-state index in [1.165, 1.54) is 82.9 Å². The molecular formula is C52H38N4. The van der Waals surface area contributed by atoms with Gasteiger partial charge in [0.2, 0.25) is 0 Å². The van der Waals surface area contributed by atoms with Gasteiger partial charge in [0, 0.05) is 66.2 Å². The molecule has 0 saturated heterocycles. The molecule has 4 nitrogen and oxygen atoms in total. The zero-order valence-corrected chi connectivity index (χ0v) is 31.1. The van der Waals surface area contributed by atoms with Crippen LogP contribution in [-0.2, 0) is 0 Å². The Bertz CT molecular complexity index is 3430. The molecule has 0 bridgehead atoms. The van der Waals surface area contributed by atoms with Gasteiger partial charge in [-0.25, -0.2) is 0 Å². The molecule has 2 atom stereocenters. The first-order chi connectivity index (χ1) is 27.7. The molecule has 266 valence electrons. The Morgan fingerprint density at radius 3 is 1.70 bits per heavy atom. The van der Waals surface area contributed by atoms with Crippen LogP contribution in [0.5, 0.6) is 0 Å². The fourth-order valence-corrected chi connectivity index (χ4v) is 9.83. The molecule has 12 rings (SSSR count). The zero-order chi connectivity index (χ0) is 36.9. The van der Waals surface area contributed by atoms with E-state index in [0.29, 0.717) is 12.0 Å². The number of fused-ring (bicyclic) bond motifs is 11.